The first-order valence-corrected chi connectivity index (χ1v) is 12.9. The third kappa shape index (κ3) is 4.01. The van der Waals surface area contributed by atoms with Crippen LogP contribution < -0.4 is 0 Å². The Morgan fingerprint density at radius 2 is 1.70 bits per heavy atom. The summed E-state index contributed by atoms with van der Waals surface area (Å²) >= 11 is 0. The van der Waals surface area contributed by atoms with Crippen LogP contribution in [0.25, 0.3) is 0 Å². The number of halogens is 3. The Bertz CT molecular complexity index is 1220. The summed E-state index contributed by atoms with van der Waals surface area (Å²) in [6.45, 7) is 6.00. The molecule has 0 atom stereocenters. The van der Waals surface area contributed by atoms with Gasteiger partial charge in [-0.25, -0.2) is 14.5 Å². The fourth-order valence-electron chi connectivity index (χ4n) is 6.82. The number of carbonyl (C=O) groups is 1. The fourth-order valence-corrected chi connectivity index (χ4v) is 6.82. The molecule has 1 N–H and O–H groups in total. The molecule has 2 aromatic rings. The van der Waals surface area contributed by atoms with Crippen molar-refractivity contribution in [1.82, 2.24) is 39.2 Å². The summed E-state index contributed by atoms with van der Waals surface area (Å²) in [6.07, 6.45) is 2.36. The molecule has 2 spiro atoms. The van der Waals surface area contributed by atoms with Gasteiger partial charge in [-0.15, -0.1) is 0 Å². The van der Waals surface area contributed by atoms with Crippen LogP contribution in [-0.4, -0.2) is 95.8 Å². The van der Waals surface area contributed by atoms with Crippen LogP contribution >= 0.6 is 0 Å². The first kappa shape index (κ1) is 23.4. The van der Waals surface area contributed by atoms with E-state index in [4.69, 9.17) is 0 Å². The van der Waals surface area contributed by atoms with Crippen LogP contribution in [0.4, 0.5) is 18.0 Å². The van der Waals surface area contributed by atoms with Gasteiger partial charge in [0.2, 0.25) is 0 Å². The Morgan fingerprint density at radius 3 is 2.32 bits per heavy atom. The first-order chi connectivity index (χ1) is 17.4. The van der Waals surface area contributed by atoms with Gasteiger partial charge in [0.25, 0.3) is 0 Å². The van der Waals surface area contributed by atoms with Crippen LogP contribution in [0.5, 0.6) is 0 Å². The zero-order chi connectivity index (χ0) is 25.8. The number of aromatic nitrogens is 5. The topological polar surface area (TPSA) is 95.6 Å². The summed E-state index contributed by atoms with van der Waals surface area (Å²) in [5, 5.41) is 18.7. The number of alkyl halides is 3. The highest BCUT2D eigenvalue weighted by molar-refractivity contribution is 5.77. The maximum Gasteiger partial charge on any atom is 0.408 e. The second kappa shape index (κ2) is 7.46. The number of urea groups is 1. The van der Waals surface area contributed by atoms with Gasteiger partial charge in [0.1, 0.15) is 18.5 Å². The van der Waals surface area contributed by atoms with Crippen molar-refractivity contribution in [2.24, 2.45) is 10.8 Å². The van der Waals surface area contributed by atoms with Gasteiger partial charge >= 0.3 is 12.2 Å². The maximum absolute atomic E-state index is 12.9. The number of hydrogen-bond acceptors (Lipinski definition) is 6. The Kier molecular flexibility index (Phi) is 4.73. The molecule has 10 nitrogen and oxygen atoms in total. The lowest BCUT2D eigenvalue weighted by Crippen LogP contribution is -2.75. The number of aliphatic hydroxyl groups is 1. The summed E-state index contributed by atoms with van der Waals surface area (Å²) in [7, 11) is 0. The fraction of sp³-hybridized carbons (Fsp3) is 0.750. The lowest BCUT2D eigenvalue weighted by molar-refractivity contribution is -0.142. The van der Waals surface area contributed by atoms with E-state index in [0.717, 1.165) is 75.2 Å². The van der Waals surface area contributed by atoms with E-state index in [1.807, 2.05) is 14.5 Å². The molecule has 5 fully saturated rings. The largest absolute Gasteiger partial charge is 0.408 e. The summed E-state index contributed by atoms with van der Waals surface area (Å²) in [6, 6.07) is 0.403. The van der Waals surface area contributed by atoms with Gasteiger partial charge in [0.15, 0.2) is 5.82 Å². The minimum atomic E-state index is -4.28. The van der Waals surface area contributed by atoms with Crippen molar-refractivity contribution in [3.05, 3.63) is 29.6 Å². The van der Waals surface area contributed by atoms with Crippen molar-refractivity contribution in [1.29, 1.82) is 0 Å². The molecule has 5 aliphatic rings. The molecule has 0 aromatic carbocycles. The SMILES string of the molecule is Cc1nn(CC(F)(F)F)cc1CN1CC2(C1)CN(C(=O)N1CC3(CC(n4cnc(C5(O)CC5)n4)C3)C1)C2. The number of likely N-dealkylation sites (tertiary alicyclic amines) is 3. The minimum Gasteiger partial charge on any atom is -0.382 e. The van der Waals surface area contributed by atoms with Crippen molar-refractivity contribution >= 4 is 6.03 Å². The molecule has 7 rings (SSSR count). The average Bonchev–Trinajstić information content (AvgIpc) is 3.11. The van der Waals surface area contributed by atoms with Gasteiger partial charge in [0, 0.05) is 68.4 Å². The molecule has 0 unspecified atom stereocenters. The molecule has 37 heavy (non-hydrogen) atoms. The molecule has 2 aliphatic carbocycles. The van der Waals surface area contributed by atoms with Crippen LogP contribution in [0.15, 0.2) is 12.5 Å². The van der Waals surface area contributed by atoms with E-state index in [1.54, 1.807) is 13.3 Å². The molecule has 13 heteroatoms. The van der Waals surface area contributed by atoms with Crippen molar-refractivity contribution in [2.75, 3.05) is 39.3 Å². The molecule has 2 saturated carbocycles. The number of rotatable bonds is 5. The van der Waals surface area contributed by atoms with Crippen molar-refractivity contribution in [3.8, 4) is 0 Å². The Morgan fingerprint density at radius 1 is 1.05 bits per heavy atom. The third-order valence-electron chi connectivity index (χ3n) is 8.91. The van der Waals surface area contributed by atoms with E-state index >= 15 is 0 Å². The molecule has 3 saturated heterocycles. The third-order valence-corrected chi connectivity index (χ3v) is 8.91. The average molecular weight is 521 g/mol. The number of amides is 2. The number of nitrogens with zero attached hydrogens (tertiary/aromatic N) is 8. The number of aryl methyl sites for hydroxylation is 1. The first-order valence-electron chi connectivity index (χ1n) is 12.9. The number of hydrogen-bond donors (Lipinski definition) is 1. The second-order valence-electron chi connectivity index (χ2n) is 12.3. The predicted molar refractivity (Wildman–Crippen MR) is 123 cm³/mol. The highest BCUT2D eigenvalue weighted by Crippen LogP contribution is 2.55. The van der Waals surface area contributed by atoms with E-state index < -0.39 is 18.3 Å². The van der Waals surface area contributed by atoms with E-state index in [2.05, 4.69) is 20.1 Å². The molecule has 3 aliphatic heterocycles. The molecule has 2 aromatic heterocycles. The smallest absolute Gasteiger partial charge is 0.382 e. The second-order valence-corrected chi connectivity index (χ2v) is 12.3. The van der Waals surface area contributed by atoms with Gasteiger partial charge in [0.05, 0.1) is 11.7 Å². The summed E-state index contributed by atoms with van der Waals surface area (Å²) in [5.41, 5.74) is 0.947. The molecule has 0 bridgehead atoms. The Hall–Kier alpha value is -2.67. The zero-order valence-corrected chi connectivity index (χ0v) is 20.8. The van der Waals surface area contributed by atoms with E-state index in [1.165, 1.54) is 6.20 Å². The van der Waals surface area contributed by atoms with Crippen molar-refractivity contribution in [2.45, 2.75) is 63.5 Å². The normalized spacial score (nSPS) is 25.5. The van der Waals surface area contributed by atoms with Gasteiger partial charge < -0.3 is 14.9 Å². The summed E-state index contributed by atoms with van der Waals surface area (Å²) < 4.78 is 40.8. The molecular weight excluding hydrogens is 489 g/mol. The summed E-state index contributed by atoms with van der Waals surface area (Å²) in [4.78, 5) is 23.3. The monoisotopic (exact) mass is 520 g/mol. The quantitative estimate of drug-likeness (QED) is 0.647. The van der Waals surface area contributed by atoms with E-state index in [-0.39, 0.29) is 16.9 Å². The van der Waals surface area contributed by atoms with E-state index in [9.17, 15) is 23.1 Å². The predicted octanol–water partition coefficient (Wildman–Crippen LogP) is 1.90. The maximum atomic E-state index is 12.9. The Balaban J connectivity index is 0.843. The van der Waals surface area contributed by atoms with Crippen LogP contribution in [-0.2, 0) is 18.7 Å². The van der Waals surface area contributed by atoms with Crippen LogP contribution in [0.3, 0.4) is 0 Å². The van der Waals surface area contributed by atoms with Gasteiger partial charge in [-0.05, 0) is 32.6 Å². The highest BCUT2D eigenvalue weighted by atomic mass is 19.4. The Labute approximate surface area is 212 Å². The van der Waals surface area contributed by atoms with Gasteiger partial charge in [-0.3, -0.25) is 9.58 Å². The van der Waals surface area contributed by atoms with Crippen LogP contribution in [0, 0.1) is 17.8 Å². The zero-order valence-electron chi connectivity index (χ0n) is 20.8. The molecule has 5 heterocycles. The lowest BCUT2D eigenvalue weighted by Gasteiger charge is -2.63. The minimum absolute atomic E-state index is 0.112. The van der Waals surface area contributed by atoms with E-state index in [0.29, 0.717) is 24.1 Å². The molecule has 2 amide bonds. The van der Waals surface area contributed by atoms with Gasteiger partial charge in [-0.2, -0.15) is 23.4 Å². The van der Waals surface area contributed by atoms with Crippen molar-refractivity contribution < 1.29 is 23.1 Å². The van der Waals surface area contributed by atoms with Crippen molar-refractivity contribution in [3.63, 3.8) is 0 Å². The highest BCUT2D eigenvalue weighted by Gasteiger charge is 2.58. The number of carbonyl (C=O) groups excluding carboxylic acids is 1. The van der Waals surface area contributed by atoms with Crippen LogP contribution in [0.1, 0.15) is 48.8 Å². The molecule has 0 radical (unpaired) electrons. The molecule has 200 valence electrons. The summed E-state index contributed by atoms with van der Waals surface area (Å²) in [5.74, 6) is 0.534. The van der Waals surface area contributed by atoms with Crippen LogP contribution in [0.2, 0.25) is 0 Å². The standard InChI is InChI=1S/C24H31F3N8O2/c1-16-17(7-34(29-16)14-24(25,26)27)6-31-8-22(9-31)12-33(13-22)20(36)32-10-21(11-32)4-18(5-21)35-15-28-19(30-35)23(37)2-3-23/h7,15,18,37H,2-6,8-14H2,1H3. The lowest BCUT2D eigenvalue weighted by atomic mass is 9.60. The molecular formula is C24H31F3N8O2. The van der Waals surface area contributed by atoms with Gasteiger partial charge in [-0.1, -0.05) is 0 Å².